The van der Waals surface area contributed by atoms with Crippen molar-refractivity contribution in [1.29, 1.82) is 0 Å². The first-order valence-corrected chi connectivity index (χ1v) is 17.3. The third-order valence-electron chi connectivity index (χ3n) is 9.20. The SMILES string of the molecule is Cc1ccc2c(c1)c(-c1cncc(-c3cc(-c4ccccn4)[c-]cc3C)c1)cc1ncccc12.[Ir].[c-]1cccc(-c2ccccc2)c1-c1ccccn1. The molecule has 9 rings (SSSR count). The first-order chi connectivity index (χ1) is 25.6. The molecule has 4 nitrogen and oxygen atoms in total. The number of benzene rings is 5. The maximum Gasteiger partial charge on any atom is 0.0714 e. The number of hydrogen-bond acceptors (Lipinski definition) is 4. The molecule has 0 N–H and O–H groups in total. The monoisotopic (exact) mass is 859 g/mol. The van der Waals surface area contributed by atoms with Gasteiger partial charge in [-0.05, 0) is 70.5 Å². The van der Waals surface area contributed by atoms with Gasteiger partial charge in [-0.25, -0.2) is 0 Å². The van der Waals surface area contributed by atoms with Gasteiger partial charge in [0.1, 0.15) is 0 Å². The van der Waals surface area contributed by atoms with Gasteiger partial charge in [-0.2, -0.15) is 0 Å². The zero-order valence-corrected chi connectivity index (χ0v) is 31.7. The van der Waals surface area contributed by atoms with Crippen molar-refractivity contribution >= 4 is 21.7 Å². The molecule has 0 bridgehead atoms. The van der Waals surface area contributed by atoms with Crippen LogP contribution >= 0.6 is 0 Å². The van der Waals surface area contributed by atoms with Crippen molar-refractivity contribution in [3.63, 3.8) is 0 Å². The van der Waals surface area contributed by atoms with Crippen molar-refractivity contribution in [3.8, 4) is 55.9 Å². The second kappa shape index (κ2) is 16.0. The van der Waals surface area contributed by atoms with E-state index in [-0.39, 0.29) is 20.1 Å². The van der Waals surface area contributed by atoms with Crippen molar-refractivity contribution in [2.45, 2.75) is 13.8 Å². The fourth-order valence-electron chi connectivity index (χ4n) is 6.63. The Morgan fingerprint density at radius 2 is 1.23 bits per heavy atom. The van der Waals surface area contributed by atoms with Gasteiger partial charge in [0.2, 0.25) is 0 Å². The molecule has 1 radical (unpaired) electrons. The Hall–Kier alpha value is -6.13. The Morgan fingerprint density at radius 1 is 0.491 bits per heavy atom. The van der Waals surface area contributed by atoms with E-state index in [0.717, 1.165) is 61.4 Å². The zero-order chi connectivity index (χ0) is 35.3. The molecule has 0 amide bonds. The summed E-state index contributed by atoms with van der Waals surface area (Å²) in [6, 6.07) is 54.3. The van der Waals surface area contributed by atoms with Crippen LogP contribution in [0, 0.1) is 26.0 Å². The number of rotatable bonds is 5. The predicted molar refractivity (Wildman–Crippen MR) is 213 cm³/mol. The summed E-state index contributed by atoms with van der Waals surface area (Å²) in [7, 11) is 0. The van der Waals surface area contributed by atoms with Crippen molar-refractivity contribution < 1.29 is 20.1 Å². The van der Waals surface area contributed by atoms with Crippen LogP contribution in [0.2, 0.25) is 0 Å². The number of hydrogen-bond donors (Lipinski definition) is 0. The van der Waals surface area contributed by atoms with Crippen LogP contribution in [0.25, 0.3) is 77.6 Å². The summed E-state index contributed by atoms with van der Waals surface area (Å²) in [5.74, 6) is 0. The number of pyridine rings is 4. The van der Waals surface area contributed by atoms with E-state index in [1.807, 2.05) is 110 Å². The van der Waals surface area contributed by atoms with Crippen LogP contribution in [0.5, 0.6) is 0 Å². The third-order valence-corrected chi connectivity index (χ3v) is 9.20. The van der Waals surface area contributed by atoms with Crippen LogP contribution in [0.4, 0.5) is 0 Å². The average Bonchev–Trinajstić information content (AvgIpc) is 3.22. The van der Waals surface area contributed by atoms with Crippen LogP contribution in [-0.4, -0.2) is 19.9 Å². The zero-order valence-electron chi connectivity index (χ0n) is 29.3. The van der Waals surface area contributed by atoms with Gasteiger partial charge >= 0.3 is 0 Å². The van der Waals surface area contributed by atoms with Gasteiger partial charge < -0.3 is 9.97 Å². The van der Waals surface area contributed by atoms with Crippen LogP contribution in [0.3, 0.4) is 0 Å². The van der Waals surface area contributed by atoms with E-state index in [1.165, 1.54) is 27.3 Å². The molecule has 5 aromatic carbocycles. The molecule has 0 atom stereocenters. The standard InChI is InChI=1S/C31H22N3.C17H12N.Ir/c1-20-8-11-25-26-6-5-13-34-31(26)17-28(29(25)14-20)24-15-23(18-32-19-24)27-16-22(10-9-21(27)2)30-7-3-4-12-33-30;1-2-8-14(9-3-1)15-10-4-5-11-16(15)17-12-6-7-13-18-17;/h3-9,11-19H,1-2H3;1-10,12-13H;/q2*-1;. The van der Waals surface area contributed by atoms with Gasteiger partial charge in [0.05, 0.1) is 5.52 Å². The van der Waals surface area contributed by atoms with Crippen LogP contribution in [-0.2, 0) is 20.1 Å². The molecule has 0 aliphatic heterocycles. The molecule has 5 heteroatoms. The van der Waals surface area contributed by atoms with E-state index in [2.05, 4.69) is 107 Å². The Labute approximate surface area is 323 Å². The van der Waals surface area contributed by atoms with E-state index in [4.69, 9.17) is 0 Å². The van der Waals surface area contributed by atoms with Gasteiger partial charge in [0.15, 0.2) is 0 Å². The molecule has 0 saturated carbocycles. The van der Waals surface area contributed by atoms with Crippen LogP contribution in [0.15, 0.2) is 171 Å². The summed E-state index contributed by atoms with van der Waals surface area (Å²) in [6.45, 7) is 4.24. The van der Waals surface area contributed by atoms with E-state index in [9.17, 15) is 0 Å². The van der Waals surface area contributed by atoms with Crippen LogP contribution < -0.4 is 0 Å². The minimum absolute atomic E-state index is 0. The van der Waals surface area contributed by atoms with Crippen molar-refractivity contribution in [1.82, 2.24) is 19.9 Å². The van der Waals surface area contributed by atoms with Gasteiger partial charge in [-0.3, -0.25) is 9.97 Å². The summed E-state index contributed by atoms with van der Waals surface area (Å²) >= 11 is 0. The molecule has 9 aromatic rings. The Bertz CT molecular complexity index is 2580. The molecule has 0 saturated heterocycles. The second-order valence-electron chi connectivity index (χ2n) is 12.7. The summed E-state index contributed by atoms with van der Waals surface area (Å²) in [5.41, 5.74) is 14.0. The fourth-order valence-corrected chi connectivity index (χ4v) is 6.63. The number of aromatic nitrogens is 4. The Morgan fingerprint density at radius 3 is 2.00 bits per heavy atom. The van der Waals surface area contributed by atoms with E-state index >= 15 is 0 Å². The van der Waals surface area contributed by atoms with E-state index < -0.39 is 0 Å². The molecular formula is C48H34IrN4-2. The quantitative estimate of drug-likeness (QED) is 0.128. The molecule has 0 fully saturated rings. The molecule has 257 valence electrons. The minimum atomic E-state index is 0. The first kappa shape index (κ1) is 35.3. The molecule has 53 heavy (non-hydrogen) atoms. The van der Waals surface area contributed by atoms with Gasteiger partial charge in [-0.15, -0.1) is 59.2 Å². The summed E-state index contributed by atoms with van der Waals surface area (Å²) in [5, 5.41) is 3.59. The average molecular weight is 859 g/mol. The molecule has 4 aromatic heterocycles. The largest absolute Gasteiger partial charge is 0.305 e. The summed E-state index contributed by atoms with van der Waals surface area (Å²) < 4.78 is 0. The third kappa shape index (κ3) is 7.59. The smallest absolute Gasteiger partial charge is 0.0714 e. The Balaban J connectivity index is 0.000000194. The normalized spacial score (nSPS) is 10.7. The Kier molecular flexibility index (Phi) is 10.7. The van der Waals surface area contributed by atoms with Crippen molar-refractivity contribution in [2.24, 2.45) is 0 Å². The molecule has 0 unspecified atom stereocenters. The maximum atomic E-state index is 4.65. The fraction of sp³-hybridized carbons (Fsp3) is 0.0417. The number of aryl methyl sites for hydroxylation is 2. The molecule has 0 spiro atoms. The molecular weight excluding hydrogens is 825 g/mol. The van der Waals surface area contributed by atoms with Gasteiger partial charge in [0.25, 0.3) is 0 Å². The van der Waals surface area contributed by atoms with Crippen molar-refractivity contribution in [2.75, 3.05) is 0 Å². The topological polar surface area (TPSA) is 51.6 Å². The van der Waals surface area contributed by atoms with Crippen molar-refractivity contribution in [3.05, 3.63) is 194 Å². The number of nitrogens with zero attached hydrogens (tertiary/aromatic N) is 4. The summed E-state index contributed by atoms with van der Waals surface area (Å²) in [4.78, 5) is 18.2. The predicted octanol–water partition coefficient (Wildman–Crippen LogP) is 11.8. The van der Waals surface area contributed by atoms with Crippen LogP contribution in [0.1, 0.15) is 11.1 Å². The first-order valence-electron chi connectivity index (χ1n) is 17.3. The molecule has 0 aliphatic rings. The maximum absolute atomic E-state index is 4.65. The molecule has 4 heterocycles. The molecule has 0 aliphatic carbocycles. The van der Waals surface area contributed by atoms with E-state index in [1.54, 1.807) is 0 Å². The van der Waals surface area contributed by atoms with Gasteiger partial charge in [0, 0.05) is 62.0 Å². The summed E-state index contributed by atoms with van der Waals surface area (Å²) in [6.07, 6.45) is 9.35. The van der Waals surface area contributed by atoms with E-state index in [0.29, 0.717) is 0 Å². The minimum Gasteiger partial charge on any atom is -0.305 e. The second-order valence-corrected chi connectivity index (χ2v) is 12.7. The van der Waals surface area contributed by atoms with Gasteiger partial charge in [-0.1, -0.05) is 108 Å². The number of fused-ring (bicyclic) bond motifs is 3.